The molecule has 2 aromatic rings. The van der Waals surface area contributed by atoms with Gasteiger partial charge in [-0.05, 0) is 23.7 Å². The van der Waals surface area contributed by atoms with Crippen molar-refractivity contribution in [1.82, 2.24) is 4.98 Å². The monoisotopic (exact) mass is 224 g/mol. The summed E-state index contributed by atoms with van der Waals surface area (Å²) in [4.78, 5) is 7.84. The summed E-state index contributed by atoms with van der Waals surface area (Å²) in [7, 11) is 0. The van der Waals surface area contributed by atoms with Crippen LogP contribution in [0.1, 0.15) is 4.88 Å². The second-order valence-corrected chi connectivity index (χ2v) is 4.17. The highest BCUT2D eigenvalue weighted by atomic mass is 35.5. The van der Waals surface area contributed by atoms with Gasteiger partial charge in [-0.3, -0.25) is 0 Å². The zero-order chi connectivity index (χ0) is 9.97. The highest BCUT2D eigenvalue weighted by Crippen LogP contribution is 2.25. The summed E-state index contributed by atoms with van der Waals surface area (Å²) in [5.74, 6) is 0. The van der Waals surface area contributed by atoms with Crippen LogP contribution >= 0.6 is 22.9 Å². The van der Waals surface area contributed by atoms with Gasteiger partial charge in [-0.15, -0.1) is 11.3 Å². The average molecular weight is 225 g/mol. The van der Waals surface area contributed by atoms with E-state index in [2.05, 4.69) is 15.0 Å². The SMILES string of the molecule is [N-]=[N+]=NCc1cc2nc(Cl)ccc2s1. The van der Waals surface area contributed by atoms with Gasteiger partial charge >= 0.3 is 0 Å². The van der Waals surface area contributed by atoms with Crippen LogP contribution in [0.2, 0.25) is 5.15 Å². The number of azide groups is 1. The van der Waals surface area contributed by atoms with Gasteiger partial charge in [0.2, 0.25) is 0 Å². The predicted molar refractivity (Wildman–Crippen MR) is 57.5 cm³/mol. The van der Waals surface area contributed by atoms with Crippen LogP contribution in [0.25, 0.3) is 20.7 Å². The van der Waals surface area contributed by atoms with E-state index in [1.165, 1.54) is 0 Å². The van der Waals surface area contributed by atoms with Gasteiger partial charge in [0.25, 0.3) is 0 Å². The van der Waals surface area contributed by atoms with Gasteiger partial charge in [0, 0.05) is 9.79 Å². The number of hydrogen-bond acceptors (Lipinski definition) is 3. The maximum Gasteiger partial charge on any atom is 0.129 e. The molecule has 4 nitrogen and oxygen atoms in total. The molecule has 0 radical (unpaired) electrons. The molecule has 70 valence electrons. The molecule has 0 N–H and O–H groups in total. The fourth-order valence-electron chi connectivity index (χ4n) is 1.13. The van der Waals surface area contributed by atoms with E-state index in [4.69, 9.17) is 17.1 Å². The molecule has 0 atom stereocenters. The number of nitrogens with zero attached hydrogens (tertiary/aromatic N) is 4. The van der Waals surface area contributed by atoms with Crippen molar-refractivity contribution in [2.45, 2.75) is 6.54 Å². The van der Waals surface area contributed by atoms with Gasteiger partial charge in [0.1, 0.15) is 5.15 Å². The van der Waals surface area contributed by atoms with Gasteiger partial charge in [-0.1, -0.05) is 16.7 Å². The fourth-order valence-corrected chi connectivity index (χ4v) is 2.20. The van der Waals surface area contributed by atoms with Gasteiger partial charge in [-0.25, -0.2) is 4.98 Å². The van der Waals surface area contributed by atoms with E-state index in [-0.39, 0.29) is 0 Å². The molecule has 0 aromatic carbocycles. The van der Waals surface area contributed by atoms with Crippen molar-refractivity contribution in [1.29, 1.82) is 0 Å². The lowest BCUT2D eigenvalue weighted by Gasteiger charge is -1.87. The maximum atomic E-state index is 8.17. The van der Waals surface area contributed by atoms with Crippen LogP contribution < -0.4 is 0 Å². The second kappa shape index (κ2) is 3.84. The first-order chi connectivity index (χ1) is 6.79. The van der Waals surface area contributed by atoms with Crippen LogP contribution in [0.5, 0.6) is 0 Å². The standard InChI is InChI=1S/C8H5ClN4S/c9-8-2-1-7-6(12-8)3-5(14-7)4-11-13-10/h1-3H,4H2. The molecule has 0 aliphatic carbocycles. The fraction of sp³-hybridized carbons (Fsp3) is 0.125. The number of fused-ring (bicyclic) bond motifs is 1. The third-order valence-electron chi connectivity index (χ3n) is 1.68. The molecule has 0 aliphatic rings. The Morgan fingerprint density at radius 3 is 3.21 bits per heavy atom. The molecule has 0 spiro atoms. The summed E-state index contributed by atoms with van der Waals surface area (Å²) in [6.07, 6.45) is 0. The van der Waals surface area contributed by atoms with E-state index >= 15 is 0 Å². The van der Waals surface area contributed by atoms with Gasteiger partial charge < -0.3 is 0 Å². The van der Waals surface area contributed by atoms with Crippen molar-refractivity contribution in [3.05, 3.63) is 38.7 Å². The highest BCUT2D eigenvalue weighted by molar-refractivity contribution is 7.19. The smallest absolute Gasteiger partial charge is 0.129 e. The Labute approximate surface area is 88.8 Å². The van der Waals surface area contributed by atoms with Crippen molar-refractivity contribution in [2.24, 2.45) is 5.11 Å². The number of pyridine rings is 1. The second-order valence-electron chi connectivity index (χ2n) is 2.62. The largest absolute Gasteiger partial charge is 0.235 e. The first kappa shape index (κ1) is 9.27. The zero-order valence-corrected chi connectivity index (χ0v) is 8.59. The van der Waals surface area contributed by atoms with Crippen LogP contribution in [0, 0.1) is 0 Å². The van der Waals surface area contributed by atoms with E-state index in [1.807, 2.05) is 12.1 Å². The summed E-state index contributed by atoms with van der Waals surface area (Å²) in [6.45, 7) is 0.370. The zero-order valence-electron chi connectivity index (χ0n) is 7.01. The minimum atomic E-state index is 0.370. The van der Waals surface area contributed by atoms with Crippen LogP contribution in [0.15, 0.2) is 23.3 Å². The minimum Gasteiger partial charge on any atom is -0.235 e. The minimum absolute atomic E-state index is 0.370. The summed E-state index contributed by atoms with van der Waals surface area (Å²) in [5.41, 5.74) is 9.03. The quantitative estimate of drug-likeness (QED) is 0.332. The van der Waals surface area contributed by atoms with Crippen LogP contribution in [0.4, 0.5) is 0 Å². The highest BCUT2D eigenvalue weighted by Gasteiger charge is 2.02. The Bertz CT molecular complexity index is 515. The van der Waals surface area contributed by atoms with Crippen molar-refractivity contribution in [3.8, 4) is 0 Å². The molecule has 0 unspecified atom stereocenters. The van der Waals surface area contributed by atoms with Crippen molar-refractivity contribution >= 4 is 33.2 Å². The molecule has 0 amide bonds. The van der Waals surface area contributed by atoms with Crippen molar-refractivity contribution in [3.63, 3.8) is 0 Å². The molecule has 2 aromatic heterocycles. The van der Waals surface area contributed by atoms with Gasteiger partial charge in [-0.2, -0.15) is 0 Å². The molecular formula is C8H5ClN4S. The Morgan fingerprint density at radius 1 is 1.57 bits per heavy atom. The third-order valence-corrected chi connectivity index (χ3v) is 2.97. The maximum absolute atomic E-state index is 8.17. The van der Waals surface area contributed by atoms with Gasteiger partial charge in [0.05, 0.1) is 16.8 Å². The topological polar surface area (TPSA) is 61.7 Å². The Balaban J connectivity index is 2.45. The van der Waals surface area contributed by atoms with E-state index < -0.39 is 0 Å². The third kappa shape index (κ3) is 1.80. The predicted octanol–water partition coefficient (Wildman–Crippen LogP) is 3.76. The molecular weight excluding hydrogens is 220 g/mol. The number of thiophene rings is 1. The molecule has 6 heteroatoms. The van der Waals surface area contributed by atoms with Crippen molar-refractivity contribution in [2.75, 3.05) is 0 Å². The molecule has 14 heavy (non-hydrogen) atoms. The number of aromatic nitrogens is 1. The summed E-state index contributed by atoms with van der Waals surface area (Å²) < 4.78 is 1.05. The Hall–Kier alpha value is -1.29. The van der Waals surface area contributed by atoms with Crippen LogP contribution in [-0.4, -0.2) is 4.98 Å². The van der Waals surface area contributed by atoms with Crippen molar-refractivity contribution < 1.29 is 0 Å². The molecule has 2 heterocycles. The molecule has 0 saturated heterocycles. The first-order valence-corrected chi connectivity index (χ1v) is 5.05. The number of rotatable bonds is 2. The van der Waals surface area contributed by atoms with E-state index in [9.17, 15) is 0 Å². The Kier molecular flexibility index (Phi) is 2.54. The number of halogens is 1. The molecule has 0 aliphatic heterocycles. The van der Waals surface area contributed by atoms with Crippen LogP contribution in [0.3, 0.4) is 0 Å². The normalized spacial score (nSPS) is 10.1. The number of hydrogen-bond donors (Lipinski definition) is 0. The summed E-state index contributed by atoms with van der Waals surface area (Å²) in [5, 5.41) is 3.97. The molecule has 0 saturated carbocycles. The Morgan fingerprint density at radius 2 is 2.43 bits per heavy atom. The lowest BCUT2D eigenvalue weighted by atomic mass is 10.4. The summed E-state index contributed by atoms with van der Waals surface area (Å²) in [6, 6.07) is 5.55. The lowest BCUT2D eigenvalue weighted by molar-refractivity contribution is 1.08. The van der Waals surface area contributed by atoms with E-state index in [1.54, 1.807) is 17.4 Å². The molecule has 0 bridgehead atoms. The van der Waals surface area contributed by atoms with E-state index in [0.29, 0.717) is 11.7 Å². The summed E-state index contributed by atoms with van der Waals surface area (Å²) >= 11 is 7.30. The molecule has 0 fully saturated rings. The van der Waals surface area contributed by atoms with E-state index in [0.717, 1.165) is 15.1 Å². The van der Waals surface area contributed by atoms with Gasteiger partial charge in [0.15, 0.2) is 0 Å². The molecule has 2 rings (SSSR count). The lowest BCUT2D eigenvalue weighted by Crippen LogP contribution is -1.72. The first-order valence-electron chi connectivity index (χ1n) is 3.85. The average Bonchev–Trinajstić information content (AvgIpc) is 2.56. The van der Waals surface area contributed by atoms with Crippen LogP contribution in [-0.2, 0) is 6.54 Å².